The number of para-hydroxylation sites is 1. The highest BCUT2D eigenvalue weighted by molar-refractivity contribution is 6.04. The molecule has 0 aliphatic rings. The molecule has 0 spiro atoms. The van der Waals surface area contributed by atoms with Gasteiger partial charge in [0.1, 0.15) is 11.3 Å². The number of carbonyl (C=O) groups excluding carboxylic acids is 1. The average molecular weight is 428 g/mol. The number of aromatic carboxylic acids is 1. The van der Waals surface area contributed by atoms with Crippen LogP contribution in [0.5, 0.6) is 17.2 Å². The van der Waals surface area contributed by atoms with E-state index < -0.39 is 5.97 Å². The molecule has 162 valence electrons. The number of nitrogens with zero attached hydrogens (tertiary/aromatic N) is 1. The van der Waals surface area contributed by atoms with Crippen molar-refractivity contribution in [1.82, 2.24) is 4.98 Å². The molecule has 6 heteroatoms. The number of pyridine rings is 1. The van der Waals surface area contributed by atoms with E-state index in [0.29, 0.717) is 46.0 Å². The quantitative estimate of drug-likeness (QED) is 0.423. The van der Waals surface area contributed by atoms with Crippen LogP contribution >= 0.6 is 0 Å². The number of methoxy groups -OCH3 is 2. The number of aromatic nitrogens is 1. The lowest BCUT2D eigenvalue weighted by molar-refractivity contribution is -0.254. The van der Waals surface area contributed by atoms with E-state index in [0.717, 1.165) is 6.42 Å². The first-order chi connectivity index (χ1) is 15.6. The second-order valence-corrected chi connectivity index (χ2v) is 7.15. The predicted octanol–water partition coefficient (Wildman–Crippen LogP) is 3.90. The van der Waals surface area contributed by atoms with E-state index >= 15 is 0 Å². The fraction of sp³-hybridized carbons (Fsp3) is 0.154. The Morgan fingerprint density at radius 2 is 1.66 bits per heavy atom. The summed E-state index contributed by atoms with van der Waals surface area (Å²) in [6.45, 7) is 0.500. The third-order valence-corrected chi connectivity index (χ3v) is 5.19. The number of hydrogen-bond donors (Lipinski definition) is 0. The maximum atomic E-state index is 11.8. The summed E-state index contributed by atoms with van der Waals surface area (Å²) < 4.78 is 16.8. The van der Waals surface area contributed by atoms with Crippen LogP contribution in [0.25, 0.3) is 22.2 Å². The largest absolute Gasteiger partial charge is 0.545 e. The Labute approximate surface area is 186 Å². The number of carboxylic acids is 1. The van der Waals surface area contributed by atoms with Gasteiger partial charge in [-0.15, -0.1) is 0 Å². The van der Waals surface area contributed by atoms with Gasteiger partial charge in [-0.1, -0.05) is 42.5 Å². The number of carbonyl (C=O) groups is 1. The highest BCUT2D eigenvalue weighted by Gasteiger charge is 2.14. The van der Waals surface area contributed by atoms with Gasteiger partial charge in [0.05, 0.1) is 32.5 Å². The van der Waals surface area contributed by atoms with Crippen LogP contribution in [-0.4, -0.2) is 31.8 Å². The third kappa shape index (κ3) is 4.34. The normalized spacial score (nSPS) is 10.7. The number of fused-ring (bicyclic) bond motifs is 1. The lowest BCUT2D eigenvalue weighted by Crippen LogP contribution is -2.22. The van der Waals surface area contributed by atoms with Crippen molar-refractivity contribution >= 4 is 16.9 Å². The van der Waals surface area contributed by atoms with Crippen molar-refractivity contribution < 1.29 is 24.1 Å². The van der Waals surface area contributed by atoms with E-state index in [4.69, 9.17) is 14.2 Å². The highest BCUT2D eigenvalue weighted by atomic mass is 16.5. The highest BCUT2D eigenvalue weighted by Crippen LogP contribution is 2.35. The average Bonchev–Trinajstić information content (AvgIpc) is 2.83. The van der Waals surface area contributed by atoms with Crippen LogP contribution in [0.15, 0.2) is 72.8 Å². The van der Waals surface area contributed by atoms with Gasteiger partial charge in [-0.05, 0) is 35.9 Å². The summed E-state index contributed by atoms with van der Waals surface area (Å²) in [5.41, 5.74) is 2.84. The van der Waals surface area contributed by atoms with Gasteiger partial charge in [-0.2, -0.15) is 0 Å². The molecule has 0 aliphatic heterocycles. The van der Waals surface area contributed by atoms with Crippen molar-refractivity contribution in [2.75, 3.05) is 20.8 Å². The number of rotatable bonds is 8. The molecule has 0 atom stereocenters. The Hall–Kier alpha value is -4.06. The molecule has 0 saturated heterocycles. The molecule has 4 rings (SSSR count). The van der Waals surface area contributed by atoms with Crippen LogP contribution < -0.4 is 19.3 Å². The Kier molecular flexibility index (Phi) is 6.22. The molecule has 0 amide bonds. The molecule has 0 fully saturated rings. The van der Waals surface area contributed by atoms with Gasteiger partial charge >= 0.3 is 0 Å². The van der Waals surface area contributed by atoms with Crippen molar-refractivity contribution in [2.45, 2.75) is 6.42 Å². The molecular formula is C26H22NO5-. The summed E-state index contributed by atoms with van der Waals surface area (Å²) in [6, 6.07) is 22.1. The summed E-state index contributed by atoms with van der Waals surface area (Å²) in [6.07, 6.45) is 0.771. The molecule has 3 aromatic carbocycles. The predicted molar refractivity (Wildman–Crippen MR) is 120 cm³/mol. The van der Waals surface area contributed by atoms with Crippen molar-refractivity contribution in [1.29, 1.82) is 0 Å². The molecule has 4 aromatic rings. The summed E-state index contributed by atoms with van der Waals surface area (Å²) >= 11 is 0. The number of benzene rings is 3. The SMILES string of the molecule is COc1cc(-c2cc(C(=O)[O-])c3cccc(OC)c3n2)ccc1OCCc1ccccc1. The van der Waals surface area contributed by atoms with Gasteiger partial charge in [0, 0.05) is 22.9 Å². The first-order valence-electron chi connectivity index (χ1n) is 10.1. The zero-order valence-corrected chi connectivity index (χ0v) is 17.8. The van der Waals surface area contributed by atoms with E-state index in [1.165, 1.54) is 18.7 Å². The summed E-state index contributed by atoms with van der Waals surface area (Å²) in [5, 5.41) is 12.2. The minimum absolute atomic E-state index is 0.0473. The molecule has 0 bridgehead atoms. The van der Waals surface area contributed by atoms with Crippen LogP contribution in [0.2, 0.25) is 0 Å². The maximum absolute atomic E-state index is 11.8. The lowest BCUT2D eigenvalue weighted by Gasteiger charge is -2.15. The second-order valence-electron chi connectivity index (χ2n) is 7.15. The van der Waals surface area contributed by atoms with E-state index in [9.17, 15) is 9.90 Å². The van der Waals surface area contributed by atoms with E-state index in [2.05, 4.69) is 17.1 Å². The number of ether oxygens (including phenoxy) is 3. The molecule has 32 heavy (non-hydrogen) atoms. The molecule has 6 nitrogen and oxygen atoms in total. The van der Waals surface area contributed by atoms with Crippen molar-refractivity contribution in [3.05, 3.63) is 83.9 Å². The first kappa shape index (κ1) is 21.2. The van der Waals surface area contributed by atoms with Crippen molar-refractivity contribution in [3.8, 4) is 28.5 Å². The minimum Gasteiger partial charge on any atom is -0.545 e. The van der Waals surface area contributed by atoms with Gasteiger partial charge in [0.25, 0.3) is 0 Å². The lowest BCUT2D eigenvalue weighted by atomic mass is 10.0. The minimum atomic E-state index is -1.28. The van der Waals surface area contributed by atoms with Gasteiger partial charge in [-0.3, -0.25) is 0 Å². The maximum Gasteiger partial charge on any atom is 0.161 e. The van der Waals surface area contributed by atoms with Gasteiger partial charge in [0.15, 0.2) is 11.5 Å². The standard InChI is InChI=1S/C26H23NO5/c1-30-23-10-6-9-19-20(26(28)29)16-21(27-25(19)23)18-11-12-22(24(15-18)31-2)32-14-13-17-7-4-3-5-8-17/h3-12,15-16H,13-14H2,1-2H3,(H,28,29)/p-1. The van der Waals surface area contributed by atoms with E-state index in [1.54, 1.807) is 37.4 Å². The van der Waals surface area contributed by atoms with E-state index in [-0.39, 0.29) is 5.56 Å². The fourth-order valence-corrected chi connectivity index (χ4v) is 3.57. The fourth-order valence-electron chi connectivity index (χ4n) is 3.57. The zero-order chi connectivity index (χ0) is 22.5. The summed E-state index contributed by atoms with van der Waals surface area (Å²) in [7, 11) is 3.08. The Balaban J connectivity index is 1.67. The molecule has 1 aromatic heterocycles. The first-order valence-corrected chi connectivity index (χ1v) is 10.1. The van der Waals surface area contributed by atoms with Crippen LogP contribution in [0.4, 0.5) is 0 Å². The number of carboxylic acid groups (broad SMARTS) is 1. The zero-order valence-electron chi connectivity index (χ0n) is 17.8. The smallest absolute Gasteiger partial charge is 0.161 e. The third-order valence-electron chi connectivity index (χ3n) is 5.19. The van der Waals surface area contributed by atoms with Crippen LogP contribution in [0.3, 0.4) is 0 Å². The molecule has 0 N–H and O–H groups in total. The number of hydrogen-bond acceptors (Lipinski definition) is 6. The molecule has 1 heterocycles. The molecular weight excluding hydrogens is 406 g/mol. The summed E-state index contributed by atoms with van der Waals surface area (Å²) in [5.74, 6) is 0.345. The van der Waals surface area contributed by atoms with Gasteiger partial charge < -0.3 is 24.1 Å². The molecule has 0 radical (unpaired) electrons. The van der Waals surface area contributed by atoms with Crippen molar-refractivity contribution in [2.24, 2.45) is 0 Å². The van der Waals surface area contributed by atoms with Crippen LogP contribution in [-0.2, 0) is 6.42 Å². The Morgan fingerprint density at radius 1 is 0.875 bits per heavy atom. The van der Waals surface area contributed by atoms with Crippen molar-refractivity contribution in [3.63, 3.8) is 0 Å². The topological polar surface area (TPSA) is 80.7 Å². The van der Waals surface area contributed by atoms with Crippen LogP contribution in [0.1, 0.15) is 15.9 Å². The Morgan fingerprint density at radius 3 is 2.38 bits per heavy atom. The second kappa shape index (κ2) is 9.39. The molecule has 0 saturated carbocycles. The molecule has 0 aliphatic carbocycles. The monoisotopic (exact) mass is 428 g/mol. The van der Waals surface area contributed by atoms with Gasteiger partial charge in [-0.25, -0.2) is 4.98 Å². The van der Waals surface area contributed by atoms with Gasteiger partial charge in [0.2, 0.25) is 0 Å². The summed E-state index contributed by atoms with van der Waals surface area (Å²) in [4.78, 5) is 16.4. The van der Waals surface area contributed by atoms with E-state index in [1.807, 2.05) is 24.3 Å². The Bertz CT molecular complexity index is 1250. The van der Waals surface area contributed by atoms with Crippen LogP contribution in [0, 0.1) is 0 Å². The molecule has 0 unspecified atom stereocenters.